The van der Waals surface area contributed by atoms with E-state index >= 15 is 0 Å². The lowest BCUT2D eigenvalue weighted by Crippen LogP contribution is -2.14. The Morgan fingerprint density at radius 3 is 1.05 bits per heavy atom. The van der Waals surface area contributed by atoms with Crippen molar-refractivity contribution in [1.29, 1.82) is 0 Å². The molecular formula is C80H156. The second-order valence-corrected chi connectivity index (χ2v) is 33.4. The van der Waals surface area contributed by atoms with Crippen LogP contribution in [0.5, 0.6) is 0 Å². The van der Waals surface area contributed by atoms with Crippen LogP contribution in [0.3, 0.4) is 0 Å². The molecule has 4 bridgehead atoms. The van der Waals surface area contributed by atoms with E-state index in [0.717, 1.165) is 100 Å². The van der Waals surface area contributed by atoms with Gasteiger partial charge in [0.25, 0.3) is 0 Å². The molecule has 80 heavy (non-hydrogen) atoms. The monoisotopic (exact) mass is 1120 g/mol. The van der Waals surface area contributed by atoms with Gasteiger partial charge < -0.3 is 0 Å². The number of fused-ring (bicyclic) bond motifs is 4. The van der Waals surface area contributed by atoms with Crippen molar-refractivity contribution in [2.45, 2.75) is 406 Å². The molecule has 7 atom stereocenters. The smallest absolute Gasteiger partial charge is 0.0328 e. The minimum absolute atomic E-state index is 0.679. The molecule has 0 radical (unpaired) electrons. The van der Waals surface area contributed by atoms with Crippen LogP contribution in [0.15, 0.2) is 0 Å². The van der Waals surface area contributed by atoms with E-state index in [2.05, 4.69) is 111 Å². The maximum atomic E-state index is 2.44. The SMILES string of the molecule is CC(C)C1CCCC1.CC1(C)CCCCC1.CC1C2CCC1CC2.CC1CCC(C)CC1.CC1CCCC[C@H]1C.CC1CCC[C@@H](C)C1.CCC1(C)CCCC1.CCC1CCCCC1.CCCC1CCCC1.C[C@H]1CC2CCC1C2. The molecule has 12 fully saturated rings. The van der Waals surface area contributed by atoms with E-state index in [4.69, 9.17) is 0 Å². The van der Waals surface area contributed by atoms with Gasteiger partial charge in [-0.05, 0) is 183 Å². The molecule has 0 aliphatic heterocycles. The van der Waals surface area contributed by atoms with Crippen molar-refractivity contribution in [1.82, 2.24) is 0 Å². The quantitative estimate of drug-likeness (QED) is 0.257. The van der Waals surface area contributed by atoms with Crippen molar-refractivity contribution in [2.75, 3.05) is 0 Å². The van der Waals surface area contributed by atoms with Gasteiger partial charge in [0.15, 0.2) is 0 Å². The average molecular weight is 1120 g/mol. The summed E-state index contributed by atoms with van der Waals surface area (Å²) in [4.78, 5) is 0. The van der Waals surface area contributed by atoms with Crippen LogP contribution in [-0.4, -0.2) is 0 Å². The number of hydrogen-bond donors (Lipinski definition) is 0. The Hall–Kier alpha value is 0. The highest BCUT2D eigenvalue weighted by Crippen LogP contribution is 2.49. The van der Waals surface area contributed by atoms with Crippen LogP contribution in [-0.2, 0) is 0 Å². The van der Waals surface area contributed by atoms with Crippen molar-refractivity contribution < 1.29 is 0 Å². The molecule has 0 nitrogen and oxygen atoms in total. The first-order chi connectivity index (χ1) is 38.3. The van der Waals surface area contributed by atoms with Gasteiger partial charge in [0, 0.05) is 0 Å². The summed E-state index contributed by atoms with van der Waals surface area (Å²) in [6.07, 6.45) is 68.5. The molecule has 0 heteroatoms. The molecule has 0 aromatic heterocycles. The molecule has 0 heterocycles. The van der Waals surface area contributed by atoms with E-state index in [1.807, 2.05) is 0 Å². The Bertz CT molecular complexity index is 1320. The van der Waals surface area contributed by atoms with E-state index in [-0.39, 0.29) is 0 Å². The lowest BCUT2D eigenvalue weighted by Gasteiger charge is -2.28. The summed E-state index contributed by atoms with van der Waals surface area (Å²) in [7, 11) is 0. The highest BCUT2D eigenvalue weighted by atomic mass is 14.4. The number of rotatable bonds is 5. The molecule has 0 amide bonds. The Kier molecular flexibility index (Phi) is 39.7. The first-order valence-corrected chi connectivity index (χ1v) is 38.3. The zero-order chi connectivity index (χ0) is 58.8. The Balaban J connectivity index is 0.000000233. The van der Waals surface area contributed by atoms with Crippen molar-refractivity contribution >= 4 is 0 Å². The van der Waals surface area contributed by atoms with Gasteiger partial charge >= 0.3 is 0 Å². The topological polar surface area (TPSA) is 0 Å². The first-order valence-electron chi connectivity index (χ1n) is 38.3. The van der Waals surface area contributed by atoms with Gasteiger partial charge in [0.2, 0.25) is 0 Å². The average Bonchev–Trinajstić information content (AvgIpc) is 4.35. The Morgan fingerprint density at radius 1 is 0.350 bits per heavy atom. The minimum Gasteiger partial charge on any atom is -0.0654 e. The van der Waals surface area contributed by atoms with Gasteiger partial charge in [-0.15, -0.1) is 0 Å². The number of hydrogen-bond acceptors (Lipinski definition) is 0. The van der Waals surface area contributed by atoms with Crippen LogP contribution >= 0.6 is 0 Å². The summed E-state index contributed by atoms with van der Waals surface area (Å²) in [5.74, 6) is 17.0. The van der Waals surface area contributed by atoms with E-state index in [1.54, 1.807) is 51.4 Å². The Labute approximate surface area is 509 Å². The van der Waals surface area contributed by atoms with Crippen LogP contribution in [0.25, 0.3) is 0 Å². The molecule has 0 aromatic carbocycles. The summed E-state index contributed by atoms with van der Waals surface area (Å²) in [5.41, 5.74) is 1.41. The third kappa shape index (κ3) is 32.7. The van der Waals surface area contributed by atoms with E-state index in [9.17, 15) is 0 Å². The van der Waals surface area contributed by atoms with Crippen LogP contribution in [0.4, 0.5) is 0 Å². The summed E-state index contributed by atoms with van der Waals surface area (Å²) in [5, 5.41) is 0. The van der Waals surface area contributed by atoms with Gasteiger partial charge in [-0.3, -0.25) is 0 Å². The lowest BCUT2D eigenvalue weighted by atomic mass is 9.78. The standard InChI is InChI=1S/2C8H14.8C8H16/c1-6-4-7-2-3-8(6)5-7;1-6-7-2-3-8(6)5-4-7;1-7-3-5-8(2)6-4-7;1-7-4-3-5-8(2)6-7;1-8(2)6-4-3-5-7-8;1-7-5-3-4-6-8(7)2;1-7(2)8-5-3-4-6-8;1-3-8(2)6-4-5-7-8;1-2-8-6-4-3-5-7-8;1-2-5-8-6-3-4-7-8/h2*6-8H,2-5H2,1H3;2*7-8H,3-6H2,1-2H3;3-7H2,1-2H3;2*7-8H,3-6H2,1-2H3;3-7H2,1-2H3;2*8H,2-7H2,1H3/t6-,7?,8?;;;7-,8?;;7-,8?;;;;/m0..1.1..../s1. The summed E-state index contributed by atoms with van der Waals surface area (Å²) in [6, 6.07) is 0. The fourth-order valence-electron chi connectivity index (χ4n) is 17.8. The van der Waals surface area contributed by atoms with Crippen molar-refractivity contribution in [3.8, 4) is 0 Å². The van der Waals surface area contributed by atoms with Crippen LogP contribution in [0.2, 0.25) is 0 Å². The van der Waals surface area contributed by atoms with Gasteiger partial charge in [-0.25, -0.2) is 0 Å². The van der Waals surface area contributed by atoms with Gasteiger partial charge in [-0.2, -0.15) is 0 Å². The maximum absolute atomic E-state index is 2.44. The van der Waals surface area contributed by atoms with Gasteiger partial charge in [0.05, 0.1) is 0 Å². The molecule has 12 aliphatic carbocycles. The van der Waals surface area contributed by atoms with Crippen molar-refractivity contribution in [2.24, 2.45) is 106 Å². The van der Waals surface area contributed by atoms with Gasteiger partial charge in [0.1, 0.15) is 0 Å². The molecule has 0 N–H and O–H groups in total. The molecule has 12 saturated carbocycles. The van der Waals surface area contributed by atoms with Crippen LogP contribution in [0.1, 0.15) is 406 Å². The molecule has 0 aromatic rings. The molecule has 0 saturated heterocycles. The fourth-order valence-corrected chi connectivity index (χ4v) is 17.8. The third-order valence-electron chi connectivity index (χ3n) is 25.1. The second-order valence-electron chi connectivity index (χ2n) is 33.4. The van der Waals surface area contributed by atoms with Crippen molar-refractivity contribution in [3.05, 3.63) is 0 Å². The predicted molar refractivity (Wildman–Crippen MR) is 364 cm³/mol. The van der Waals surface area contributed by atoms with Crippen molar-refractivity contribution in [3.63, 3.8) is 0 Å². The largest absolute Gasteiger partial charge is 0.0654 e. The third-order valence-corrected chi connectivity index (χ3v) is 25.1. The van der Waals surface area contributed by atoms with E-state index in [1.165, 1.54) is 244 Å². The van der Waals surface area contributed by atoms with Crippen LogP contribution in [0, 0.1) is 106 Å². The van der Waals surface area contributed by atoms with Crippen LogP contribution < -0.4 is 0 Å². The minimum atomic E-state index is 0.679. The summed E-state index contributed by atoms with van der Waals surface area (Å²) >= 11 is 0. The molecule has 12 aliphatic rings. The lowest BCUT2D eigenvalue weighted by molar-refractivity contribution is 0.244. The predicted octanol–water partition coefficient (Wildman–Crippen LogP) is 28.1. The summed E-state index contributed by atoms with van der Waals surface area (Å²) < 4.78 is 0. The molecule has 0 spiro atoms. The zero-order valence-electron chi connectivity index (χ0n) is 58.8. The second kappa shape index (κ2) is 42.8. The zero-order valence-corrected chi connectivity index (χ0v) is 58.8. The van der Waals surface area contributed by atoms with E-state index in [0.29, 0.717) is 5.41 Å². The fraction of sp³-hybridized carbons (Fsp3) is 1.00. The molecule has 4 unspecified atom stereocenters. The summed E-state index contributed by atoms with van der Waals surface area (Å²) in [6.45, 7) is 37.9. The molecule has 12 rings (SSSR count). The maximum Gasteiger partial charge on any atom is -0.0328 e. The van der Waals surface area contributed by atoms with E-state index < -0.39 is 0 Å². The molecule has 476 valence electrons. The highest BCUT2D eigenvalue weighted by Gasteiger charge is 2.38. The first kappa shape index (κ1) is 74.3. The highest BCUT2D eigenvalue weighted by molar-refractivity contribution is 4.89. The normalized spacial score (nSPS) is 34.8. The molecular weight excluding hydrogens is 961 g/mol. The van der Waals surface area contributed by atoms with Gasteiger partial charge in [-0.1, -0.05) is 329 Å². The Morgan fingerprint density at radius 2 is 0.775 bits per heavy atom.